The first-order valence-corrected chi connectivity index (χ1v) is 6.42. The molecular weight excluding hydrogens is 240 g/mol. The molecule has 2 aromatic rings. The molecule has 1 aromatic heterocycles. The van der Waals surface area contributed by atoms with Gasteiger partial charge in [0, 0.05) is 13.0 Å². The molecule has 0 aliphatic heterocycles. The van der Waals surface area contributed by atoms with Crippen molar-refractivity contribution in [2.45, 2.75) is 18.9 Å². The first-order chi connectivity index (χ1) is 9.15. The smallest absolute Gasteiger partial charge is 0.243 e. The minimum atomic E-state index is -0.247. The first kappa shape index (κ1) is 13.7. The molecule has 0 amide bonds. The second-order valence-corrected chi connectivity index (χ2v) is 4.90. The van der Waals surface area contributed by atoms with Gasteiger partial charge in [0.05, 0.1) is 6.04 Å². The quantitative estimate of drug-likeness (QED) is 0.850. The minimum absolute atomic E-state index is 0.247. The molecule has 0 bridgehead atoms. The van der Waals surface area contributed by atoms with Crippen LogP contribution in [0.3, 0.4) is 0 Å². The lowest BCUT2D eigenvalue weighted by atomic mass is 10.1. The summed E-state index contributed by atoms with van der Waals surface area (Å²) >= 11 is 0. The van der Waals surface area contributed by atoms with Gasteiger partial charge < -0.3 is 15.2 Å². The normalized spacial score (nSPS) is 12.8. The zero-order valence-electron chi connectivity index (χ0n) is 11.4. The van der Waals surface area contributed by atoms with Crippen LogP contribution in [-0.2, 0) is 12.8 Å². The number of rotatable bonds is 6. The largest absolute Gasteiger partial charge is 0.338 e. The van der Waals surface area contributed by atoms with E-state index in [1.165, 1.54) is 5.56 Å². The summed E-state index contributed by atoms with van der Waals surface area (Å²) in [7, 11) is 4.03. The minimum Gasteiger partial charge on any atom is -0.338 e. The van der Waals surface area contributed by atoms with Crippen LogP contribution in [0.15, 0.2) is 34.9 Å². The summed E-state index contributed by atoms with van der Waals surface area (Å²) in [6.07, 6.45) is 1.48. The van der Waals surface area contributed by atoms with Crippen molar-refractivity contribution >= 4 is 0 Å². The van der Waals surface area contributed by atoms with Crippen LogP contribution in [0.4, 0.5) is 0 Å². The highest BCUT2D eigenvalue weighted by Crippen LogP contribution is 2.14. The van der Waals surface area contributed by atoms with Crippen molar-refractivity contribution in [3.8, 4) is 0 Å². The third kappa shape index (κ3) is 4.15. The molecule has 0 fully saturated rings. The van der Waals surface area contributed by atoms with E-state index in [0.29, 0.717) is 18.1 Å². The lowest BCUT2D eigenvalue weighted by Crippen LogP contribution is -2.16. The van der Waals surface area contributed by atoms with Gasteiger partial charge in [0.1, 0.15) is 0 Å². The molecule has 0 saturated carbocycles. The maximum Gasteiger partial charge on any atom is 0.243 e. The average Bonchev–Trinajstić information content (AvgIpc) is 2.86. The Hall–Kier alpha value is -1.72. The molecule has 0 unspecified atom stereocenters. The van der Waals surface area contributed by atoms with Crippen LogP contribution < -0.4 is 5.73 Å². The van der Waals surface area contributed by atoms with Crippen LogP contribution in [0.25, 0.3) is 0 Å². The van der Waals surface area contributed by atoms with E-state index in [9.17, 15) is 0 Å². The van der Waals surface area contributed by atoms with Gasteiger partial charge in [-0.15, -0.1) is 0 Å². The molecule has 0 aliphatic rings. The topological polar surface area (TPSA) is 68.2 Å². The Bertz CT molecular complexity index is 495. The van der Waals surface area contributed by atoms with Crippen LogP contribution in [0.2, 0.25) is 0 Å². The van der Waals surface area contributed by atoms with E-state index in [-0.39, 0.29) is 6.04 Å². The molecule has 0 spiro atoms. The van der Waals surface area contributed by atoms with E-state index in [1.807, 2.05) is 44.4 Å². The van der Waals surface area contributed by atoms with Crippen LogP contribution in [0, 0.1) is 0 Å². The van der Waals surface area contributed by atoms with Gasteiger partial charge in [-0.05, 0) is 26.1 Å². The summed E-state index contributed by atoms with van der Waals surface area (Å²) in [6, 6.07) is 9.83. The number of hydrogen-bond donors (Lipinski definition) is 1. The molecule has 5 heteroatoms. The summed E-state index contributed by atoms with van der Waals surface area (Å²) in [5, 5.41) is 3.96. The fraction of sp³-hybridized carbons (Fsp3) is 0.429. The summed E-state index contributed by atoms with van der Waals surface area (Å²) < 4.78 is 5.23. The molecule has 0 saturated heterocycles. The highest BCUT2D eigenvalue weighted by Gasteiger charge is 2.15. The van der Waals surface area contributed by atoms with Crippen molar-refractivity contribution in [3.05, 3.63) is 47.6 Å². The Morgan fingerprint density at radius 2 is 2.00 bits per heavy atom. The van der Waals surface area contributed by atoms with E-state index in [1.54, 1.807) is 0 Å². The number of hydrogen-bond acceptors (Lipinski definition) is 5. The van der Waals surface area contributed by atoms with Crippen molar-refractivity contribution in [1.29, 1.82) is 0 Å². The Morgan fingerprint density at radius 3 is 2.68 bits per heavy atom. The molecular formula is C14H20N4O. The second kappa shape index (κ2) is 6.45. The lowest BCUT2D eigenvalue weighted by molar-refractivity contribution is 0.346. The molecule has 5 nitrogen and oxygen atoms in total. The second-order valence-electron chi connectivity index (χ2n) is 4.90. The Balaban J connectivity index is 1.94. The predicted molar refractivity (Wildman–Crippen MR) is 73.6 cm³/mol. The maximum atomic E-state index is 6.09. The summed E-state index contributed by atoms with van der Waals surface area (Å²) in [5.41, 5.74) is 7.26. The number of aromatic nitrogens is 2. The van der Waals surface area contributed by atoms with Gasteiger partial charge >= 0.3 is 0 Å². The van der Waals surface area contributed by atoms with Crippen LogP contribution in [0.1, 0.15) is 23.3 Å². The van der Waals surface area contributed by atoms with Crippen molar-refractivity contribution in [2.24, 2.45) is 5.73 Å². The molecule has 0 aliphatic carbocycles. The van der Waals surface area contributed by atoms with E-state index in [4.69, 9.17) is 10.3 Å². The molecule has 0 radical (unpaired) electrons. The van der Waals surface area contributed by atoms with Crippen molar-refractivity contribution < 1.29 is 4.52 Å². The van der Waals surface area contributed by atoms with Gasteiger partial charge in [-0.2, -0.15) is 4.98 Å². The molecule has 2 N–H and O–H groups in total. The number of nitrogens with two attached hydrogens (primary N) is 1. The van der Waals surface area contributed by atoms with E-state index in [0.717, 1.165) is 13.0 Å². The predicted octanol–water partition coefficient (Wildman–Crippen LogP) is 1.42. The lowest BCUT2D eigenvalue weighted by Gasteiger charge is -2.06. The zero-order chi connectivity index (χ0) is 13.7. The fourth-order valence-electron chi connectivity index (χ4n) is 1.80. The monoisotopic (exact) mass is 260 g/mol. The summed E-state index contributed by atoms with van der Waals surface area (Å²) in [4.78, 5) is 6.43. The fourth-order valence-corrected chi connectivity index (χ4v) is 1.80. The maximum absolute atomic E-state index is 6.09. The van der Waals surface area contributed by atoms with E-state index < -0.39 is 0 Å². The third-order valence-electron chi connectivity index (χ3n) is 2.88. The molecule has 102 valence electrons. The van der Waals surface area contributed by atoms with Gasteiger partial charge in [0.15, 0.2) is 5.82 Å². The standard InChI is InChI=1S/C14H20N4O/c1-18(2)9-8-13-16-14(19-17-13)12(15)10-11-6-4-3-5-7-11/h3-7,12H,8-10,15H2,1-2H3/t12-/m0/s1. The molecule has 1 atom stereocenters. The number of likely N-dealkylation sites (N-methyl/N-ethyl adjacent to an activating group) is 1. The molecule has 19 heavy (non-hydrogen) atoms. The van der Waals surface area contributed by atoms with Gasteiger partial charge in [-0.1, -0.05) is 35.5 Å². The van der Waals surface area contributed by atoms with Gasteiger partial charge in [-0.3, -0.25) is 0 Å². The van der Waals surface area contributed by atoms with Gasteiger partial charge in [0.25, 0.3) is 0 Å². The SMILES string of the molecule is CN(C)CCc1noc([C@@H](N)Cc2ccccc2)n1. The molecule has 2 rings (SSSR count). The molecule has 1 aromatic carbocycles. The number of benzene rings is 1. The van der Waals surface area contributed by atoms with Crippen LogP contribution in [-0.4, -0.2) is 35.7 Å². The van der Waals surface area contributed by atoms with Gasteiger partial charge in [0.2, 0.25) is 5.89 Å². The van der Waals surface area contributed by atoms with Crippen LogP contribution in [0.5, 0.6) is 0 Å². The number of nitrogens with zero attached hydrogens (tertiary/aromatic N) is 3. The first-order valence-electron chi connectivity index (χ1n) is 6.42. The highest BCUT2D eigenvalue weighted by molar-refractivity contribution is 5.16. The summed E-state index contributed by atoms with van der Waals surface area (Å²) in [5.74, 6) is 1.23. The van der Waals surface area contributed by atoms with Crippen molar-refractivity contribution in [3.63, 3.8) is 0 Å². The average molecular weight is 260 g/mol. The van der Waals surface area contributed by atoms with E-state index in [2.05, 4.69) is 15.0 Å². The summed E-state index contributed by atoms with van der Waals surface area (Å²) in [6.45, 7) is 0.896. The van der Waals surface area contributed by atoms with E-state index >= 15 is 0 Å². The molecule has 1 heterocycles. The Labute approximate surface area is 113 Å². The van der Waals surface area contributed by atoms with Crippen LogP contribution >= 0.6 is 0 Å². The third-order valence-corrected chi connectivity index (χ3v) is 2.88. The zero-order valence-corrected chi connectivity index (χ0v) is 11.4. The Morgan fingerprint density at radius 1 is 1.26 bits per heavy atom. The Kier molecular flexibility index (Phi) is 4.65. The van der Waals surface area contributed by atoms with Crippen molar-refractivity contribution in [1.82, 2.24) is 15.0 Å². The highest BCUT2D eigenvalue weighted by atomic mass is 16.5. The van der Waals surface area contributed by atoms with Crippen molar-refractivity contribution in [2.75, 3.05) is 20.6 Å². The van der Waals surface area contributed by atoms with Gasteiger partial charge in [-0.25, -0.2) is 0 Å².